The van der Waals surface area contributed by atoms with Crippen molar-refractivity contribution in [3.05, 3.63) is 0 Å². The summed E-state index contributed by atoms with van der Waals surface area (Å²) >= 11 is 0. The summed E-state index contributed by atoms with van der Waals surface area (Å²) in [4.78, 5) is 18.0. The SMILES string of the molecule is CN(CC(=O)N(C)CCC#N)CC1CCCN1C. The van der Waals surface area contributed by atoms with Crippen LogP contribution in [0.2, 0.25) is 0 Å². The van der Waals surface area contributed by atoms with Gasteiger partial charge in [-0.2, -0.15) is 5.26 Å². The van der Waals surface area contributed by atoms with E-state index >= 15 is 0 Å². The van der Waals surface area contributed by atoms with Crippen LogP contribution in [-0.2, 0) is 4.79 Å². The van der Waals surface area contributed by atoms with Crippen LogP contribution in [0.3, 0.4) is 0 Å². The summed E-state index contributed by atoms with van der Waals surface area (Å²) in [5, 5.41) is 8.49. The number of carbonyl (C=O) groups excluding carboxylic acids is 1. The van der Waals surface area contributed by atoms with Crippen LogP contribution in [0, 0.1) is 11.3 Å². The average Bonchev–Trinajstić information content (AvgIpc) is 2.71. The van der Waals surface area contributed by atoms with E-state index in [1.807, 2.05) is 7.05 Å². The minimum atomic E-state index is 0.0911. The summed E-state index contributed by atoms with van der Waals surface area (Å²) in [5.74, 6) is 0.0911. The van der Waals surface area contributed by atoms with E-state index in [-0.39, 0.29) is 5.91 Å². The van der Waals surface area contributed by atoms with Crippen LogP contribution in [-0.4, -0.2) is 74.0 Å². The van der Waals surface area contributed by atoms with E-state index in [1.54, 1.807) is 11.9 Å². The first-order valence-corrected chi connectivity index (χ1v) is 6.54. The van der Waals surface area contributed by atoms with E-state index in [9.17, 15) is 4.79 Å². The third kappa shape index (κ3) is 4.63. The van der Waals surface area contributed by atoms with Crippen molar-refractivity contribution in [3.63, 3.8) is 0 Å². The first-order chi connectivity index (χ1) is 8.54. The van der Waals surface area contributed by atoms with Gasteiger partial charge in [0, 0.05) is 26.2 Å². The Kier molecular flexibility index (Phi) is 6.10. The van der Waals surface area contributed by atoms with Gasteiger partial charge < -0.3 is 9.80 Å². The fourth-order valence-corrected chi connectivity index (χ4v) is 2.33. The molecule has 1 rings (SSSR count). The van der Waals surface area contributed by atoms with Crippen molar-refractivity contribution < 1.29 is 4.79 Å². The van der Waals surface area contributed by atoms with E-state index in [2.05, 4.69) is 22.9 Å². The second kappa shape index (κ2) is 7.34. The van der Waals surface area contributed by atoms with Gasteiger partial charge in [0.15, 0.2) is 0 Å². The van der Waals surface area contributed by atoms with Crippen molar-refractivity contribution in [2.24, 2.45) is 0 Å². The van der Waals surface area contributed by atoms with Gasteiger partial charge >= 0.3 is 0 Å². The van der Waals surface area contributed by atoms with E-state index < -0.39 is 0 Å². The van der Waals surface area contributed by atoms with Crippen LogP contribution >= 0.6 is 0 Å². The maximum Gasteiger partial charge on any atom is 0.236 e. The predicted octanol–water partition coefficient (Wildman–Crippen LogP) is 0.384. The van der Waals surface area contributed by atoms with E-state index in [4.69, 9.17) is 5.26 Å². The highest BCUT2D eigenvalue weighted by Gasteiger charge is 2.23. The molecule has 0 aromatic heterocycles. The molecule has 0 aromatic rings. The Labute approximate surface area is 110 Å². The van der Waals surface area contributed by atoms with Crippen LogP contribution in [0.1, 0.15) is 19.3 Å². The molecule has 102 valence electrons. The van der Waals surface area contributed by atoms with Crippen LogP contribution < -0.4 is 0 Å². The summed E-state index contributed by atoms with van der Waals surface area (Å²) < 4.78 is 0. The van der Waals surface area contributed by atoms with Gasteiger partial charge in [-0.05, 0) is 33.5 Å². The second-order valence-electron chi connectivity index (χ2n) is 5.20. The maximum absolute atomic E-state index is 11.9. The van der Waals surface area contributed by atoms with Gasteiger partial charge in [-0.15, -0.1) is 0 Å². The molecule has 0 aromatic carbocycles. The molecule has 5 nitrogen and oxygen atoms in total. The third-order valence-electron chi connectivity index (χ3n) is 3.58. The van der Waals surface area contributed by atoms with Gasteiger partial charge in [-0.1, -0.05) is 0 Å². The predicted molar refractivity (Wildman–Crippen MR) is 71.0 cm³/mol. The molecular formula is C13H24N4O. The number of nitrogens with zero attached hydrogens (tertiary/aromatic N) is 4. The number of likely N-dealkylation sites (N-methyl/N-ethyl adjacent to an activating group) is 3. The number of carbonyl (C=O) groups is 1. The number of hydrogen-bond donors (Lipinski definition) is 0. The van der Waals surface area contributed by atoms with Crippen LogP contribution in [0.15, 0.2) is 0 Å². The monoisotopic (exact) mass is 252 g/mol. The zero-order valence-corrected chi connectivity index (χ0v) is 11.7. The van der Waals surface area contributed by atoms with Crippen molar-refractivity contribution in [2.45, 2.75) is 25.3 Å². The van der Waals surface area contributed by atoms with Gasteiger partial charge in [0.1, 0.15) is 0 Å². The molecule has 1 aliphatic rings. The van der Waals surface area contributed by atoms with Crippen molar-refractivity contribution >= 4 is 5.91 Å². The molecule has 0 spiro atoms. The lowest BCUT2D eigenvalue weighted by molar-refractivity contribution is -0.130. The minimum Gasteiger partial charge on any atom is -0.344 e. The molecule has 1 aliphatic heterocycles. The Morgan fingerprint density at radius 2 is 2.22 bits per heavy atom. The highest BCUT2D eigenvalue weighted by Crippen LogP contribution is 2.15. The zero-order valence-electron chi connectivity index (χ0n) is 11.7. The second-order valence-corrected chi connectivity index (χ2v) is 5.20. The molecule has 1 atom stereocenters. The van der Waals surface area contributed by atoms with Gasteiger partial charge in [-0.3, -0.25) is 9.69 Å². The van der Waals surface area contributed by atoms with E-state index in [1.165, 1.54) is 12.8 Å². The van der Waals surface area contributed by atoms with Crippen LogP contribution in [0.5, 0.6) is 0 Å². The van der Waals surface area contributed by atoms with E-state index in [0.29, 0.717) is 25.6 Å². The van der Waals surface area contributed by atoms with Gasteiger partial charge in [0.25, 0.3) is 0 Å². The Bertz CT molecular complexity index is 313. The van der Waals surface area contributed by atoms with Crippen LogP contribution in [0.25, 0.3) is 0 Å². The van der Waals surface area contributed by atoms with Crippen molar-refractivity contribution in [1.29, 1.82) is 5.26 Å². The zero-order chi connectivity index (χ0) is 13.5. The highest BCUT2D eigenvalue weighted by molar-refractivity contribution is 5.77. The lowest BCUT2D eigenvalue weighted by Crippen LogP contribution is -2.42. The largest absolute Gasteiger partial charge is 0.344 e. The summed E-state index contributed by atoms with van der Waals surface area (Å²) in [7, 11) is 5.89. The molecule has 1 unspecified atom stereocenters. The summed E-state index contributed by atoms with van der Waals surface area (Å²) in [5.41, 5.74) is 0. The minimum absolute atomic E-state index is 0.0911. The van der Waals surface area contributed by atoms with Gasteiger partial charge in [0.05, 0.1) is 19.0 Å². The quantitative estimate of drug-likeness (QED) is 0.686. The molecular weight excluding hydrogens is 228 g/mol. The van der Waals surface area contributed by atoms with E-state index in [0.717, 1.165) is 13.1 Å². The third-order valence-corrected chi connectivity index (χ3v) is 3.58. The Balaban J connectivity index is 2.28. The first-order valence-electron chi connectivity index (χ1n) is 6.54. The summed E-state index contributed by atoms with van der Waals surface area (Å²) in [6.45, 7) is 3.06. The summed E-state index contributed by atoms with van der Waals surface area (Å²) in [6.07, 6.45) is 2.88. The molecule has 0 N–H and O–H groups in total. The van der Waals surface area contributed by atoms with Gasteiger partial charge in [-0.25, -0.2) is 0 Å². The molecule has 0 aliphatic carbocycles. The highest BCUT2D eigenvalue weighted by atomic mass is 16.2. The average molecular weight is 252 g/mol. The number of hydrogen-bond acceptors (Lipinski definition) is 4. The molecule has 0 radical (unpaired) electrons. The number of nitriles is 1. The molecule has 0 bridgehead atoms. The molecule has 1 fully saturated rings. The Morgan fingerprint density at radius 1 is 1.50 bits per heavy atom. The normalized spacial score (nSPS) is 20.1. The molecule has 1 saturated heterocycles. The number of likely N-dealkylation sites (tertiary alicyclic amines) is 1. The molecule has 1 heterocycles. The topological polar surface area (TPSA) is 50.6 Å². The van der Waals surface area contributed by atoms with Crippen LogP contribution in [0.4, 0.5) is 0 Å². The maximum atomic E-state index is 11.9. The fourth-order valence-electron chi connectivity index (χ4n) is 2.33. The molecule has 0 saturated carbocycles. The molecule has 18 heavy (non-hydrogen) atoms. The summed E-state index contributed by atoms with van der Waals surface area (Å²) in [6, 6.07) is 2.63. The molecule has 5 heteroatoms. The van der Waals surface area contributed by atoms with Crippen molar-refractivity contribution in [1.82, 2.24) is 14.7 Å². The fraction of sp³-hybridized carbons (Fsp3) is 0.846. The van der Waals surface area contributed by atoms with Crippen molar-refractivity contribution in [2.75, 3.05) is 47.3 Å². The number of rotatable bonds is 6. The standard InChI is InChI=1S/C13H24N4O/c1-15(10-12-6-4-8-16(12)2)11-13(18)17(3)9-5-7-14/h12H,4-6,8-11H2,1-3H3. The lowest BCUT2D eigenvalue weighted by atomic mass is 10.2. The molecule has 1 amide bonds. The lowest BCUT2D eigenvalue weighted by Gasteiger charge is -2.26. The Hall–Kier alpha value is -1.12. The first kappa shape index (κ1) is 14.9. The smallest absolute Gasteiger partial charge is 0.236 e. The number of amides is 1. The van der Waals surface area contributed by atoms with Crippen molar-refractivity contribution in [3.8, 4) is 6.07 Å². The van der Waals surface area contributed by atoms with Gasteiger partial charge in [0.2, 0.25) is 5.91 Å². The Morgan fingerprint density at radius 3 is 2.78 bits per heavy atom.